The lowest BCUT2D eigenvalue weighted by Gasteiger charge is -2.43. The molecule has 2 aromatic rings. The van der Waals surface area contributed by atoms with E-state index >= 15 is 0 Å². The van der Waals surface area contributed by atoms with E-state index in [2.05, 4.69) is 32.3 Å². The topological polar surface area (TPSA) is 278 Å². The minimum atomic E-state index is -1.02. The number of ether oxygens (including phenoxy) is 4. The smallest absolute Gasteiger partial charge is 0.317 e. The van der Waals surface area contributed by atoms with Crippen LogP contribution in [0.5, 0.6) is 5.75 Å². The van der Waals surface area contributed by atoms with Gasteiger partial charge in [-0.1, -0.05) is 0 Å². The summed E-state index contributed by atoms with van der Waals surface area (Å²) in [5.74, 6) is -2.62. The van der Waals surface area contributed by atoms with Gasteiger partial charge in [-0.05, 0) is 50.3 Å². The van der Waals surface area contributed by atoms with Crippen LogP contribution in [0.1, 0.15) is 42.5 Å². The highest BCUT2D eigenvalue weighted by molar-refractivity contribution is 6.08. The summed E-state index contributed by atoms with van der Waals surface area (Å²) < 4.78 is 22.3. The zero-order valence-corrected chi connectivity index (χ0v) is 37.5. The fourth-order valence-electron chi connectivity index (χ4n) is 7.93. The van der Waals surface area contributed by atoms with Crippen molar-refractivity contribution in [1.82, 2.24) is 45.9 Å². The Morgan fingerprint density at radius 1 is 0.758 bits per heavy atom. The van der Waals surface area contributed by atoms with Crippen LogP contribution in [0, 0.1) is 11.3 Å². The van der Waals surface area contributed by atoms with Gasteiger partial charge in [-0.3, -0.25) is 48.5 Å². The standard InChI is InChI=1S/C44H64N10O12/c45-28-33-3-1-14-54(33)43(62)44(7-2-8-44)50-42(61)36-6-9-47-37-27-34(4-5-35(36)37)66-32-39(56)49-13-22-64-24-26-65-25-23-63-21-12-48-38(55)29-51-15-10-46-11-16-52(30-40(57)58)18-20-53(19-17-51)31-41(59)60/h4-6,9,27,33,46H,1-3,7-8,10-26,29-32H2,(H,48,55)(H,49,56)(H,50,61)(H,57,58)(H,59,60). The molecule has 1 aromatic carbocycles. The Balaban J connectivity index is 0.882. The van der Waals surface area contributed by atoms with Crippen LogP contribution < -0.4 is 26.0 Å². The van der Waals surface area contributed by atoms with Crippen molar-refractivity contribution in [3.8, 4) is 11.8 Å². The lowest BCUT2D eigenvalue weighted by Crippen LogP contribution is -2.64. The maximum atomic E-state index is 13.5. The maximum absolute atomic E-state index is 13.5. The van der Waals surface area contributed by atoms with E-state index < -0.39 is 29.4 Å². The number of rotatable bonds is 24. The third kappa shape index (κ3) is 16.7. The highest BCUT2D eigenvalue weighted by atomic mass is 16.5. The number of aromatic nitrogens is 1. The van der Waals surface area contributed by atoms with E-state index in [1.54, 1.807) is 39.0 Å². The van der Waals surface area contributed by atoms with Crippen LogP contribution >= 0.6 is 0 Å². The molecule has 2 aliphatic heterocycles. The Morgan fingerprint density at radius 3 is 1.94 bits per heavy atom. The Kier molecular flexibility index (Phi) is 21.2. The first-order valence-electron chi connectivity index (χ1n) is 22.6. The lowest BCUT2D eigenvalue weighted by atomic mass is 9.75. The molecule has 3 fully saturated rings. The monoisotopic (exact) mass is 924 g/mol. The molecule has 1 saturated carbocycles. The van der Waals surface area contributed by atoms with Crippen LogP contribution in [0.15, 0.2) is 30.5 Å². The molecule has 2 saturated heterocycles. The highest BCUT2D eigenvalue weighted by Crippen LogP contribution is 2.36. The van der Waals surface area contributed by atoms with Crippen LogP contribution in [-0.2, 0) is 38.2 Å². The molecule has 1 aliphatic carbocycles. The van der Waals surface area contributed by atoms with Crippen molar-refractivity contribution in [2.75, 3.05) is 138 Å². The van der Waals surface area contributed by atoms with Gasteiger partial charge in [0.1, 0.15) is 17.3 Å². The Labute approximate surface area is 384 Å². The average molecular weight is 925 g/mol. The molecule has 1 atom stereocenters. The number of carbonyl (C=O) groups is 6. The van der Waals surface area contributed by atoms with Gasteiger partial charge in [0.15, 0.2) is 6.61 Å². The second kappa shape index (κ2) is 27.2. The fourth-order valence-corrected chi connectivity index (χ4v) is 7.93. The summed E-state index contributed by atoms with van der Waals surface area (Å²) in [4.78, 5) is 86.2. The summed E-state index contributed by atoms with van der Waals surface area (Å²) in [6.07, 6.45) is 4.75. The molecule has 362 valence electrons. The van der Waals surface area contributed by atoms with Crippen LogP contribution in [0.4, 0.5) is 0 Å². The van der Waals surface area contributed by atoms with E-state index in [4.69, 9.17) is 18.9 Å². The molecule has 3 heterocycles. The third-order valence-corrected chi connectivity index (χ3v) is 11.6. The van der Waals surface area contributed by atoms with Gasteiger partial charge in [0.25, 0.3) is 11.8 Å². The molecule has 0 bridgehead atoms. The molecule has 22 nitrogen and oxygen atoms in total. The predicted molar refractivity (Wildman–Crippen MR) is 238 cm³/mol. The van der Waals surface area contributed by atoms with Crippen molar-refractivity contribution in [1.29, 1.82) is 5.26 Å². The van der Waals surface area contributed by atoms with E-state index in [0.717, 1.165) is 12.8 Å². The zero-order valence-electron chi connectivity index (χ0n) is 37.5. The summed E-state index contributed by atoms with van der Waals surface area (Å²) in [5, 5.41) is 40.5. The molecule has 66 heavy (non-hydrogen) atoms. The van der Waals surface area contributed by atoms with Crippen molar-refractivity contribution in [2.24, 2.45) is 0 Å². The number of nitriles is 1. The molecule has 5 rings (SSSR count). The number of hydrogen-bond acceptors (Lipinski definition) is 16. The number of aliphatic carboxylic acids is 2. The minimum Gasteiger partial charge on any atom is -0.484 e. The van der Waals surface area contributed by atoms with Gasteiger partial charge in [0, 0.05) is 89.6 Å². The predicted octanol–water partition coefficient (Wildman–Crippen LogP) is -1.26. The SMILES string of the molecule is N#CC1CCCN1C(=O)C1(NC(=O)c2ccnc3cc(OCC(=O)NCCOCCOCCOCCNC(=O)CN4CCNCCN(CC(=O)O)CCN(CC(=O)O)CC4)ccc23)CCC1. The Hall–Kier alpha value is -5.54. The molecule has 4 amide bonds. The van der Waals surface area contributed by atoms with Gasteiger partial charge < -0.3 is 55.3 Å². The van der Waals surface area contributed by atoms with E-state index in [0.29, 0.717) is 140 Å². The molecule has 0 radical (unpaired) electrons. The zero-order chi connectivity index (χ0) is 47.2. The molecule has 6 N–H and O–H groups in total. The summed E-state index contributed by atoms with van der Waals surface area (Å²) in [6.45, 7) is 6.49. The summed E-state index contributed by atoms with van der Waals surface area (Å²) >= 11 is 0. The first kappa shape index (κ1) is 51.4. The van der Waals surface area contributed by atoms with Gasteiger partial charge in [0.05, 0.1) is 76.4 Å². The highest BCUT2D eigenvalue weighted by Gasteiger charge is 2.49. The third-order valence-electron chi connectivity index (χ3n) is 11.6. The largest absolute Gasteiger partial charge is 0.484 e. The van der Waals surface area contributed by atoms with E-state index in [9.17, 15) is 44.2 Å². The number of nitrogens with zero attached hydrogens (tertiary/aromatic N) is 6. The number of likely N-dealkylation sites (tertiary alicyclic amines) is 1. The van der Waals surface area contributed by atoms with Crippen molar-refractivity contribution >= 4 is 46.5 Å². The summed E-state index contributed by atoms with van der Waals surface area (Å²) in [6, 6.07) is 8.32. The minimum absolute atomic E-state index is 0.116. The van der Waals surface area contributed by atoms with Crippen molar-refractivity contribution in [2.45, 2.75) is 43.7 Å². The number of carboxylic acid groups (broad SMARTS) is 2. The van der Waals surface area contributed by atoms with Crippen LogP contribution in [-0.4, -0.2) is 220 Å². The van der Waals surface area contributed by atoms with Crippen molar-refractivity contribution in [3.63, 3.8) is 0 Å². The van der Waals surface area contributed by atoms with Gasteiger partial charge in [-0.15, -0.1) is 0 Å². The number of pyridine rings is 1. The number of amides is 4. The van der Waals surface area contributed by atoms with Gasteiger partial charge in [-0.2, -0.15) is 5.26 Å². The van der Waals surface area contributed by atoms with E-state index in [1.807, 2.05) is 4.90 Å². The van der Waals surface area contributed by atoms with Gasteiger partial charge in [-0.25, -0.2) is 0 Å². The van der Waals surface area contributed by atoms with Crippen LogP contribution in [0.3, 0.4) is 0 Å². The second-order valence-corrected chi connectivity index (χ2v) is 16.4. The number of carbonyl (C=O) groups excluding carboxylic acids is 4. The van der Waals surface area contributed by atoms with Crippen LogP contribution in [0.25, 0.3) is 10.9 Å². The summed E-state index contributed by atoms with van der Waals surface area (Å²) in [7, 11) is 0. The molecular weight excluding hydrogens is 861 g/mol. The molecular formula is C44H64N10O12. The van der Waals surface area contributed by atoms with Gasteiger partial charge in [0.2, 0.25) is 11.8 Å². The molecule has 1 aromatic heterocycles. The van der Waals surface area contributed by atoms with Gasteiger partial charge >= 0.3 is 11.9 Å². The first-order chi connectivity index (χ1) is 32.0. The molecule has 22 heteroatoms. The fraction of sp³-hybridized carbons (Fsp3) is 0.636. The molecule has 3 aliphatic rings. The normalized spacial score (nSPS) is 18.5. The van der Waals surface area contributed by atoms with Crippen molar-refractivity contribution < 1.29 is 57.9 Å². The number of benzene rings is 1. The molecule has 1 unspecified atom stereocenters. The van der Waals surface area contributed by atoms with Crippen molar-refractivity contribution in [3.05, 3.63) is 36.0 Å². The summed E-state index contributed by atoms with van der Waals surface area (Å²) in [5.41, 5.74) is -0.169. The van der Waals surface area contributed by atoms with Crippen LogP contribution in [0.2, 0.25) is 0 Å². The number of hydrogen-bond donors (Lipinski definition) is 6. The number of carboxylic acids is 2. The maximum Gasteiger partial charge on any atom is 0.317 e. The molecule has 0 spiro atoms. The quantitative estimate of drug-likeness (QED) is 0.0671. The number of fused-ring (bicyclic) bond motifs is 1. The lowest BCUT2D eigenvalue weighted by molar-refractivity contribution is -0.141. The Morgan fingerprint density at radius 2 is 1.35 bits per heavy atom. The number of nitrogens with one attached hydrogen (secondary N) is 4. The average Bonchev–Trinajstić information content (AvgIpc) is 3.76. The van der Waals surface area contributed by atoms with E-state index in [1.165, 1.54) is 6.20 Å². The first-order valence-corrected chi connectivity index (χ1v) is 22.6. The van der Waals surface area contributed by atoms with E-state index in [-0.39, 0.29) is 57.1 Å². The Bertz CT molecular complexity index is 1980. The second-order valence-electron chi connectivity index (χ2n) is 16.4.